The predicted octanol–water partition coefficient (Wildman–Crippen LogP) is 2.71. The van der Waals surface area contributed by atoms with Gasteiger partial charge in [-0.1, -0.05) is 36.4 Å². The van der Waals surface area contributed by atoms with E-state index < -0.39 is 11.9 Å². The van der Waals surface area contributed by atoms with Gasteiger partial charge in [-0.15, -0.1) is 12.4 Å². The van der Waals surface area contributed by atoms with Gasteiger partial charge in [0.1, 0.15) is 0 Å². The number of carboxylic acid groups (broad SMARTS) is 2. The average molecular weight is 392 g/mol. The monoisotopic (exact) mass is 391 g/mol. The van der Waals surface area contributed by atoms with Crippen molar-refractivity contribution in [3.05, 3.63) is 70.8 Å². The highest BCUT2D eigenvalue weighted by Gasteiger charge is 2.45. The molecule has 144 valence electrons. The molecule has 4 atom stereocenters. The van der Waals surface area contributed by atoms with E-state index in [1.165, 1.54) is 12.1 Å². The van der Waals surface area contributed by atoms with Gasteiger partial charge in [-0.2, -0.15) is 0 Å². The minimum Gasteiger partial charge on any atom is -0.478 e. The summed E-state index contributed by atoms with van der Waals surface area (Å²) in [6, 6.07) is 12.9. The number of carboxylic acids is 2. The first-order chi connectivity index (χ1) is 12.5. The number of benzene rings is 2. The molecule has 0 heterocycles. The molecule has 2 aromatic rings. The fraction of sp³-hybridized carbons (Fsp3) is 0.300. The molecule has 3 rings (SSSR count). The Hall–Kier alpha value is -2.41. The summed E-state index contributed by atoms with van der Waals surface area (Å²) in [5.41, 5.74) is 7.82. The molecule has 0 unspecified atom stereocenters. The summed E-state index contributed by atoms with van der Waals surface area (Å²) < 4.78 is 0. The highest BCUT2D eigenvalue weighted by atomic mass is 35.5. The number of hydrogen-bond donors (Lipinski definition) is 4. The molecule has 0 bridgehead atoms. The first-order valence-electron chi connectivity index (χ1n) is 8.46. The van der Waals surface area contributed by atoms with E-state index in [1.54, 1.807) is 36.4 Å². The van der Waals surface area contributed by atoms with E-state index in [4.69, 9.17) is 5.73 Å². The van der Waals surface area contributed by atoms with Crippen molar-refractivity contribution in [2.75, 3.05) is 6.61 Å². The van der Waals surface area contributed by atoms with E-state index in [-0.39, 0.29) is 53.9 Å². The number of aliphatic hydroxyl groups excluding tert-OH is 1. The number of aromatic carboxylic acids is 2. The Balaban J connectivity index is 0.00000261. The lowest BCUT2D eigenvalue weighted by Crippen LogP contribution is -2.27. The van der Waals surface area contributed by atoms with E-state index in [9.17, 15) is 24.9 Å². The zero-order chi connectivity index (χ0) is 18.8. The normalized spacial score (nSPS) is 24.2. The fourth-order valence-electron chi connectivity index (χ4n) is 4.23. The number of aliphatic hydroxyl groups is 1. The van der Waals surface area contributed by atoms with Gasteiger partial charge < -0.3 is 21.1 Å². The Morgan fingerprint density at radius 2 is 1.33 bits per heavy atom. The number of rotatable bonds is 5. The van der Waals surface area contributed by atoms with Crippen molar-refractivity contribution in [2.45, 2.75) is 24.3 Å². The molecule has 0 spiro atoms. The maximum atomic E-state index is 11.7. The first-order valence-corrected chi connectivity index (χ1v) is 8.46. The Bertz CT molecular complexity index is 841. The van der Waals surface area contributed by atoms with Gasteiger partial charge in [-0.25, -0.2) is 9.59 Å². The second-order valence-corrected chi connectivity index (χ2v) is 6.68. The lowest BCUT2D eigenvalue weighted by atomic mass is 9.76. The van der Waals surface area contributed by atoms with Crippen LogP contribution in [-0.2, 0) is 0 Å². The molecule has 7 heteroatoms. The van der Waals surface area contributed by atoms with Crippen LogP contribution in [0.25, 0.3) is 0 Å². The van der Waals surface area contributed by atoms with Gasteiger partial charge in [-0.3, -0.25) is 0 Å². The van der Waals surface area contributed by atoms with Gasteiger partial charge in [0.15, 0.2) is 0 Å². The van der Waals surface area contributed by atoms with Crippen LogP contribution in [0.15, 0.2) is 48.5 Å². The van der Waals surface area contributed by atoms with E-state index in [0.29, 0.717) is 17.5 Å². The zero-order valence-corrected chi connectivity index (χ0v) is 15.3. The molecule has 0 amide bonds. The van der Waals surface area contributed by atoms with Crippen LogP contribution in [0.3, 0.4) is 0 Å². The molecule has 1 fully saturated rings. The van der Waals surface area contributed by atoms with Gasteiger partial charge in [0, 0.05) is 18.6 Å². The van der Waals surface area contributed by atoms with Gasteiger partial charge in [0.25, 0.3) is 0 Å². The molecule has 2 aromatic carbocycles. The molecule has 1 saturated carbocycles. The van der Waals surface area contributed by atoms with Gasteiger partial charge in [0.2, 0.25) is 0 Å². The van der Waals surface area contributed by atoms with Crippen LogP contribution in [0.5, 0.6) is 0 Å². The molecule has 0 aromatic heterocycles. The van der Waals surface area contributed by atoms with Crippen LogP contribution >= 0.6 is 12.4 Å². The summed E-state index contributed by atoms with van der Waals surface area (Å²) in [6.07, 6.45) is 0.494. The molecule has 1 aliphatic rings. The van der Waals surface area contributed by atoms with E-state index in [0.717, 1.165) is 0 Å². The van der Waals surface area contributed by atoms with Gasteiger partial charge in [-0.05, 0) is 41.5 Å². The molecule has 6 nitrogen and oxygen atoms in total. The van der Waals surface area contributed by atoms with Crippen molar-refractivity contribution >= 4 is 24.3 Å². The van der Waals surface area contributed by atoms with Crippen molar-refractivity contribution in [1.29, 1.82) is 0 Å². The topological polar surface area (TPSA) is 121 Å². The smallest absolute Gasteiger partial charge is 0.335 e. The van der Waals surface area contributed by atoms with Crippen LogP contribution in [0.1, 0.15) is 50.1 Å². The molecule has 1 aliphatic carbocycles. The molecule has 0 radical (unpaired) electrons. The molecule has 0 saturated heterocycles. The van der Waals surface area contributed by atoms with Crippen LogP contribution in [0, 0.1) is 5.92 Å². The fourth-order valence-corrected chi connectivity index (χ4v) is 4.23. The zero-order valence-electron chi connectivity index (χ0n) is 14.5. The highest BCUT2D eigenvalue weighted by Crippen LogP contribution is 2.50. The Kier molecular flexibility index (Phi) is 6.59. The summed E-state index contributed by atoms with van der Waals surface area (Å²) in [5, 5.41) is 29.0. The maximum Gasteiger partial charge on any atom is 0.335 e. The van der Waals surface area contributed by atoms with Crippen molar-refractivity contribution in [1.82, 2.24) is 0 Å². The van der Waals surface area contributed by atoms with Crippen LogP contribution in [0.2, 0.25) is 0 Å². The third kappa shape index (κ3) is 3.83. The van der Waals surface area contributed by atoms with E-state index in [2.05, 4.69) is 0 Å². The average Bonchev–Trinajstić information content (AvgIpc) is 2.97. The molecule has 27 heavy (non-hydrogen) atoms. The van der Waals surface area contributed by atoms with Crippen molar-refractivity contribution in [2.24, 2.45) is 11.7 Å². The lowest BCUT2D eigenvalue weighted by Gasteiger charge is -2.28. The Morgan fingerprint density at radius 3 is 1.78 bits per heavy atom. The SMILES string of the molecule is Cl.N[C@@H]1C[C@@H](CO)[C@H](c2ccccc2C(=O)O)[C@H]1c1ccccc1C(=O)O. The van der Waals surface area contributed by atoms with Crippen molar-refractivity contribution < 1.29 is 24.9 Å². The van der Waals surface area contributed by atoms with Crippen molar-refractivity contribution in [3.63, 3.8) is 0 Å². The van der Waals surface area contributed by atoms with Crippen LogP contribution in [0.4, 0.5) is 0 Å². The Morgan fingerprint density at radius 1 is 0.889 bits per heavy atom. The summed E-state index contributed by atoms with van der Waals surface area (Å²) in [6.45, 7) is -0.141. The van der Waals surface area contributed by atoms with Gasteiger partial charge >= 0.3 is 11.9 Å². The van der Waals surface area contributed by atoms with Crippen LogP contribution in [-0.4, -0.2) is 39.9 Å². The lowest BCUT2D eigenvalue weighted by molar-refractivity contribution is 0.0682. The van der Waals surface area contributed by atoms with Crippen LogP contribution < -0.4 is 5.73 Å². The standard InChI is InChI=1S/C20H21NO5.ClH/c21-16-9-11(10-22)17(12-5-1-3-7-14(12)19(23)24)18(16)13-6-2-4-8-15(13)20(25)26;/h1-8,11,16-18,22H,9-10,21H2,(H,23,24)(H,25,26);1H/t11-,16+,17+,18-;/m0./s1. The number of halogens is 1. The summed E-state index contributed by atoms with van der Waals surface area (Å²) >= 11 is 0. The summed E-state index contributed by atoms with van der Waals surface area (Å²) in [4.78, 5) is 23.4. The van der Waals surface area contributed by atoms with Crippen molar-refractivity contribution in [3.8, 4) is 0 Å². The molecular weight excluding hydrogens is 370 g/mol. The van der Waals surface area contributed by atoms with E-state index in [1.807, 2.05) is 0 Å². The quantitative estimate of drug-likeness (QED) is 0.621. The second kappa shape index (κ2) is 8.52. The second-order valence-electron chi connectivity index (χ2n) is 6.68. The molecular formula is C20H22ClNO5. The number of nitrogens with two attached hydrogens (primary N) is 1. The largest absolute Gasteiger partial charge is 0.478 e. The summed E-state index contributed by atoms with van der Waals surface area (Å²) in [7, 11) is 0. The third-order valence-corrected chi connectivity index (χ3v) is 5.27. The maximum absolute atomic E-state index is 11.7. The summed E-state index contributed by atoms with van der Waals surface area (Å²) in [5.74, 6) is -3.10. The predicted molar refractivity (Wildman–Crippen MR) is 103 cm³/mol. The third-order valence-electron chi connectivity index (χ3n) is 5.27. The highest BCUT2D eigenvalue weighted by molar-refractivity contribution is 5.91. The molecule has 5 N–H and O–H groups in total. The Labute approximate surface area is 163 Å². The van der Waals surface area contributed by atoms with Gasteiger partial charge in [0.05, 0.1) is 11.1 Å². The minimum absolute atomic E-state index is 0. The van der Waals surface area contributed by atoms with E-state index >= 15 is 0 Å². The number of hydrogen-bond acceptors (Lipinski definition) is 4. The minimum atomic E-state index is -1.05. The first kappa shape index (κ1) is 20.9. The molecule has 0 aliphatic heterocycles. The number of carbonyl (C=O) groups is 2.